The molecule has 104 valence electrons. The molecule has 0 spiro atoms. The Balaban J connectivity index is 1.54. The molecule has 2 heterocycles. The van der Waals surface area contributed by atoms with Crippen LogP contribution in [0.25, 0.3) is 4.96 Å². The number of thiazole rings is 1. The lowest BCUT2D eigenvalue weighted by Gasteiger charge is -2.23. The molecule has 0 bridgehead atoms. The first-order valence-corrected chi connectivity index (χ1v) is 8.35. The number of rotatable bonds is 4. The second kappa shape index (κ2) is 6.06. The van der Waals surface area contributed by atoms with Gasteiger partial charge in [0.25, 0.3) is 0 Å². The zero-order chi connectivity index (χ0) is 13.1. The number of hydrogen-bond acceptors (Lipinski definition) is 3. The highest BCUT2D eigenvalue weighted by atomic mass is 32.1. The van der Waals surface area contributed by atoms with E-state index in [1.165, 1.54) is 38.5 Å². The molecule has 3 rings (SSSR count). The van der Waals surface area contributed by atoms with E-state index in [0.717, 1.165) is 23.1 Å². The van der Waals surface area contributed by atoms with Gasteiger partial charge in [0.2, 0.25) is 0 Å². The molecule has 1 atom stereocenters. The van der Waals surface area contributed by atoms with Crippen LogP contribution in [-0.4, -0.2) is 15.4 Å². The van der Waals surface area contributed by atoms with E-state index in [4.69, 9.17) is 0 Å². The highest BCUT2D eigenvalue weighted by Gasteiger charge is 2.18. The second-order valence-corrected chi connectivity index (χ2v) is 6.62. The van der Waals surface area contributed by atoms with Crippen molar-refractivity contribution in [3.8, 4) is 0 Å². The quantitative estimate of drug-likeness (QED) is 0.860. The number of nitrogens with zero attached hydrogens (tertiary/aromatic N) is 2. The second-order valence-electron chi connectivity index (χ2n) is 5.75. The molecule has 19 heavy (non-hydrogen) atoms. The zero-order valence-corrected chi connectivity index (χ0v) is 12.5. The molecule has 1 aliphatic carbocycles. The van der Waals surface area contributed by atoms with Gasteiger partial charge in [-0.05, 0) is 25.7 Å². The van der Waals surface area contributed by atoms with E-state index in [1.807, 2.05) is 0 Å². The highest BCUT2D eigenvalue weighted by Crippen LogP contribution is 2.25. The number of imidazole rings is 1. The first-order chi connectivity index (χ1) is 9.33. The molecule has 1 saturated carbocycles. The van der Waals surface area contributed by atoms with Crippen LogP contribution in [0.3, 0.4) is 0 Å². The van der Waals surface area contributed by atoms with Crippen LogP contribution in [0.2, 0.25) is 0 Å². The fourth-order valence-electron chi connectivity index (χ4n) is 3.10. The van der Waals surface area contributed by atoms with Crippen LogP contribution in [0, 0.1) is 5.92 Å². The first kappa shape index (κ1) is 13.1. The lowest BCUT2D eigenvalue weighted by Crippen LogP contribution is -2.33. The Morgan fingerprint density at radius 1 is 1.37 bits per heavy atom. The maximum atomic E-state index is 4.63. The lowest BCUT2D eigenvalue weighted by atomic mass is 9.93. The maximum absolute atomic E-state index is 4.63. The fraction of sp³-hybridized carbons (Fsp3) is 0.667. The van der Waals surface area contributed by atoms with Crippen molar-refractivity contribution < 1.29 is 0 Å². The van der Waals surface area contributed by atoms with Gasteiger partial charge in [0.05, 0.1) is 5.69 Å². The van der Waals surface area contributed by atoms with Crippen LogP contribution >= 0.6 is 11.3 Å². The molecule has 3 nitrogen and oxygen atoms in total. The van der Waals surface area contributed by atoms with Crippen LogP contribution < -0.4 is 5.32 Å². The Morgan fingerprint density at radius 2 is 2.16 bits per heavy atom. The Kier molecular flexibility index (Phi) is 4.18. The van der Waals surface area contributed by atoms with Crippen LogP contribution in [0.5, 0.6) is 0 Å². The highest BCUT2D eigenvalue weighted by molar-refractivity contribution is 7.15. The monoisotopic (exact) mass is 277 g/mol. The van der Waals surface area contributed by atoms with Gasteiger partial charge in [-0.3, -0.25) is 4.40 Å². The minimum absolute atomic E-state index is 0.609. The van der Waals surface area contributed by atoms with E-state index in [1.54, 1.807) is 11.3 Å². The number of nitrogens with one attached hydrogen (secondary N) is 1. The molecule has 2 aromatic rings. The molecule has 4 heteroatoms. The Morgan fingerprint density at radius 3 is 2.89 bits per heavy atom. The molecule has 0 aromatic carbocycles. The minimum atomic E-state index is 0.609. The summed E-state index contributed by atoms with van der Waals surface area (Å²) in [6.07, 6.45) is 12.7. The van der Waals surface area contributed by atoms with Gasteiger partial charge in [0, 0.05) is 30.4 Å². The molecule has 0 saturated heterocycles. The van der Waals surface area contributed by atoms with Gasteiger partial charge in [0.1, 0.15) is 0 Å². The van der Waals surface area contributed by atoms with Crippen LogP contribution in [0.15, 0.2) is 17.8 Å². The summed E-state index contributed by atoms with van der Waals surface area (Å²) in [4.78, 5) is 5.72. The summed E-state index contributed by atoms with van der Waals surface area (Å²) in [7, 11) is 0. The SMILES string of the molecule is C[C@H](NCc1cn2ccsc2n1)C1CCCCCC1. The van der Waals surface area contributed by atoms with Crippen LogP contribution in [0.4, 0.5) is 0 Å². The van der Waals surface area contributed by atoms with Gasteiger partial charge in [0.15, 0.2) is 4.96 Å². The Bertz CT molecular complexity index is 480. The van der Waals surface area contributed by atoms with Crippen molar-refractivity contribution in [1.29, 1.82) is 0 Å². The summed E-state index contributed by atoms with van der Waals surface area (Å²) in [6, 6.07) is 0.609. The predicted molar refractivity (Wildman–Crippen MR) is 80.6 cm³/mol. The van der Waals surface area contributed by atoms with Crippen molar-refractivity contribution >= 4 is 16.3 Å². The summed E-state index contributed by atoms with van der Waals surface area (Å²) in [6.45, 7) is 3.24. The van der Waals surface area contributed by atoms with E-state index >= 15 is 0 Å². The average Bonchev–Trinajstić information content (AvgIpc) is 2.87. The summed E-state index contributed by atoms with van der Waals surface area (Å²) in [5.74, 6) is 0.853. The van der Waals surface area contributed by atoms with Crippen LogP contribution in [0.1, 0.15) is 51.1 Å². The van der Waals surface area contributed by atoms with Crippen molar-refractivity contribution in [3.63, 3.8) is 0 Å². The van der Waals surface area contributed by atoms with Gasteiger partial charge < -0.3 is 5.32 Å². The van der Waals surface area contributed by atoms with E-state index in [-0.39, 0.29) is 0 Å². The van der Waals surface area contributed by atoms with Crippen molar-refractivity contribution in [3.05, 3.63) is 23.5 Å². The summed E-state index contributed by atoms with van der Waals surface area (Å²) in [5.41, 5.74) is 1.16. The van der Waals surface area contributed by atoms with E-state index in [9.17, 15) is 0 Å². The van der Waals surface area contributed by atoms with Crippen molar-refractivity contribution in [2.45, 2.75) is 58.0 Å². The van der Waals surface area contributed by atoms with Gasteiger partial charge in [-0.1, -0.05) is 25.7 Å². The lowest BCUT2D eigenvalue weighted by molar-refractivity contribution is 0.336. The molecule has 1 fully saturated rings. The average molecular weight is 277 g/mol. The fourth-order valence-corrected chi connectivity index (χ4v) is 3.82. The molecule has 0 unspecified atom stereocenters. The van der Waals surface area contributed by atoms with Crippen molar-refractivity contribution in [1.82, 2.24) is 14.7 Å². The molecule has 1 N–H and O–H groups in total. The van der Waals surface area contributed by atoms with Gasteiger partial charge >= 0.3 is 0 Å². The normalized spacial score (nSPS) is 19.6. The third kappa shape index (κ3) is 3.18. The molecular formula is C15H23N3S. The third-order valence-electron chi connectivity index (χ3n) is 4.36. The molecule has 0 amide bonds. The summed E-state index contributed by atoms with van der Waals surface area (Å²) in [5, 5.41) is 5.75. The van der Waals surface area contributed by atoms with E-state index < -0.39 is 0 Å². The topological polar surface area (TPSA) is 29.3 Å². The smallest absolute Gasteiger partial charge is 0.193 e. The van der Waals surface area contributed by atoms with E-state index in [2.05, 4.69) is 39.4 Å². The predicted octanol–water partition coefficient (Wildman–Crippen LogP) is 3.84. The third-order valence-corrected chi connectivity index (χ3v) is 5.13. The van der Waals surface area contributed by atoms with Crippen molar-refractivity contribution in [2.75, 3.05) is 0 Å². The van der Waals surface area contributed by atoms with Crippen molar-refractivity contribution in [2.24, 2.45) is 5.92 Å². The Hall–Kier alpha value is -0.870. The summed E-state index contributed by atoms with van der Waals surface area (Å²) >= 11 is 1.70. The number of aromatic nitrogens is 2. The Labute approximate surface area is 119 Å². The van der Waals surface area contributed by atoms with E-state index in [0.29, 0.717) is 6.04 Å². The number of hydrogen-bond donors (Lipinski definition) is 1. The van der Waals surface area contributed by atoms with Gasteiger partial charge in [-0.2, -0.15) is 0 Å². The maximum Gasteiger partial charge on any atom is 0.193 e. The summed E-state index contributed by atoms with van der Waals surface area (Å²) < 4.78 is 2.11. The standard InChI is InChI=1S/C15H23N3S/c1-12(13-6-4-2-3-5-7-13)16-10-14-11-18-8-9-19-15(18)17-14/h8-9,11-13,16H,2-7,10H2,1H3/t12-/m0/s1. The minimum Gasteiger partial charge on any atom is -0.308 e. The molecule has 0 aliphatic heterocycles. The zero-order valence-electron chi connectivity index (χ0n) is 11.6. The van der Waals surface area contributed by atoms with Gasteiger partial charge in [-0.25, -0.2) is 4.98 Å². The molecule has 2 aromatic heterocycles. The van der Waals surface area contributed by atoms with Gasteiger partial charge in [-0.15, -0.1) is 11.3 Å². The number of fused-ring (bicyclic) bond motifs is 1. The molecule has 1 aliphatic rings. The molecule has 0 radical (unpaired) electrons. The first-order valence-electron chi connectivity index (χ1n) is 7.47. The molecular weight excluding hydrogens is 254 g/mol. The van der Waals surface area contributed by atoms with Crippen LogP contribution in [-0.2, 0) is 6.54 Å². The largest absolute Gasteiger partial charge is 0.308 e.